The van der Waals surface area contributed by atoms with E-state index in [4.69, 9.17) is 15.7 Å². The maximum Gasteiger partial charge on any atom is 0.298 e. The number of pyridine rings is 2. The molecule has 56 heavy (non-hydrogen) atoms. The van der Waals surface area contributed by atoms with Crippen LogP contribution in [-0.4, -0.2) is 23.7 Å². The molecule has 10 nitrogen and oxygen atoms in total. The fraction of sp³-hybridized carbons (Fsp3) is 0.130. The molecular weight excluding hydrogens is 701 g/mol. The first-order valence-electron chi connectivity index (χ1n) is 18.3. The highest BCUT2D eigenvalue weighted by Gasteiger charge is 2.25. The van der Waals surface area contributed by atoms with Gasteiger partial charge in [-0.1, -0.05) is 93.8 Å². The van der Waals surface area contributed by atoms with E-state index < -0.39 is 4.92 Å². The molecule has 0 unspecified atom stereocenters. The van der Waals surface area contributed by atoms with Crippen LogP contribution >= 0.6 is 0 Å². The molecule has 0 atom stereocenters. The van der Waals surface area contributed by atoms with Crippen LogP contribution in [0.3, 0.4) is 0 Å². The lowest BCUT2D eigenvalue weighted by Crippen LogP contribution is -2.14. The van der Waals surface area contributed by atoms with Crippen LogP contribution in [0.25, 0.3) is 87.6 Å². The number of imidazole rings is 2. The first-order chi connectivity index (χ1) is 27.0. The summed E-state index contributed by atoms with van der Waals surface area (Å²) < 4.78 is 3.10. The van der Waals surface area contributed by atoms with Crippen molar-refractivity contribution in [3.05, 3.63) is 127 Å². The minimum atomic E-state index is -0.481. The predicted molar refractivity (Wildman–Crippen MR) is 224 cm³/mol. The van der Waals surface area contributed by atoms with Crippen molar-refractivity contribution in [2.45, 2.75) is 27.7 Å². The van der Waals surface area contributed by atoms with Crippen LogP contribution in [-0.2, 0) is 0 Å². The van der Waals surface area contributed by atoms with Gasteiger partial charge in [0.1, 0.15) is 16.8 Å². The zero-order chi connectivity index (χ0) is 38.7. The number of aromatic nitrogens is 4. The fourth-order valence-corrected chi connectivity index (χ4v) is 8.13. The van der Waals surface area contributed by atoms with Gasteiger partial charge in [0.15, 0.2) is 5.52 Å². The standard InChI is InChI=1S/C46H30N6O4/c1-23(2)11-13-25-19-35(47)41-36(20-25)50-43(48-41)31-9-5-7-29-28(16-18-34(39(29)31)46(50)54)27-15-17-32-40-30(27)8-6-10-33(40)45(53)51-37-21-26(14-12-24(3)4)22-38(52(55)56)42(37)49-44(32)51/h5-10,15-24H,47H2,1-4H3. The zero-order valence-electron chi connectivity index (χ0n) is 30.7. The lowest BCUT2D eigenvalue weighted by atomic mass is 9.90. The van der Waals surface area contributed by atoms with Gasteiger partial charge in [0, 0.05) is 61.3 Å². The van der Waals surface area contributed by atoms with Gasteiger partial charge in [0.2, 0.25) is 0 Å². The highest BCUT2D eigenvalue weighted by molar-refractivity contribution is 6.24. The number of nitrogens with zero attached hydrogens (tertiary/aromatic N) is 5. The molecule has 0 radical (unpaired) electrons. The number of nitrogen functional groups attached to an aromatic ring is 1. The molecule has 10 aromatic rings. The zero-order valence-corrected chi connectivity index (χ0v) is 30.7. The SMILES string of the molecule is CC(C)C#Cc1cc(N)c2nc3c4cccc5c(-c6ccc7c8c6cccc8c(=O)n6c8cc(C#CC(C)C)cc([N+](=O)[O-])c8nc76)ccc(c(=O)n3c2c1)c54. The molecule has 0 saturated heterocycles. The van der Waals surface area contributed by atoms with Crippen molar-refractivity contribution in [3.8, 4) is 34.8 Å². The molecule has 0 fully saturated rings. The van der Waals surface area contributed by atoms with E-state index in [9.17, 15) is 19.7 Å². The molecule has 2 N–H and O–H groups in total. The van der Waals surface area contributed by atoms with Gasteiger partial charge in [-0.05, 0) is 58.3 Å². The Balaban J connectivity index is 1.25. The van der Waals surface area contributed by atoms with Crippen LogP contribution in [0.5, 0.6) is 0 Å². The minimum Gasteiger partial charge on any atom is -0.397 e. The maximum absolute atomic E-state index is 14.4. The molecule has 0 bridgehead atoms. The van der Waals surface area contributed by atoms with Crippen LogP contribution in [0.2, 0.25) is 0 Å². The second kappa shape index (κ2) is 11.7. The van der Waals surface area contributed by atoms with Crippen molar-refractivity contribution >= 4 is 87.8 Å². The summed E-state index contributed by atoms with van der Waals surface area (Å²) >= 11 is 0. The third kappa shape index (κ3) is 4.60. The predicted octanol–water partition coefficient (Wildman–Crippen LogP) is 8.67. The quantitative estimate of drug-likeness (QED) is 0.0813. The molecule has 0 aliphatic carbocycles. The Kier molecular flexibility index (Phi) is 6.91. The molecule has 0 amide bonds. The molecule has 268 valence electrons. The number of rotatable bonds is 2. The van der Waals surface area contributed by atoms with Gasteiger partial charge in [-0.15, -0.1) is 0 Å². The smallest absolute Gasteiger partial charge is 0.298 e. The Morgan fingerprint density at radius 1 is 0.625 bits per heavy atom. The molecule has 0 spiro atoms. The molecule has 0 saturated carbocycles. The number of fused-ring (bicyclic) bond motifs is 8. The molecule has 0 aliphatic rings. The van der Waals surface area contributed by atoms with Gasteiger partial charge in [0.25, 0.3) is 16.8 Å². The largest absolute Gasteiger partial charge is 0.397 e. The first-order valence-corrected chi connectivity index (χ1v) is 18.3. The van der Waals surface area contributed by atoms with Gasteiger partial charge >= 0.3 is 0 Å². The van der Waals surface area contributed by atoms with Crippen LogP contribution in [0.4, 0.5) is 11.4 Å². The van der Waals surface area contributed by atoms with Crippen LogP contribution in [0.1, 0.15) is 38.8 Å². The van der Waals surface area contributed by atoms with E-state index in [-0.39, 0.29) is 34.2 Å². The van der Waals surface area contributed by atoms with Gasteiger partial charge in [-0.25, -0.2) is 9.97 Å². The van der Waals surface area contributed by atoms with E-state index >= 15 is 0 Å². The van der Waals surface area contributed by atoms with Crippen molar-refractivity contribution in [2.24, 2.45) is 11.8 Å². The van der Waals surface area contributed by atoms with Gasteiger partial charge < -0.3 is 5.73 Å². The Hall–Kier alpha value is -7.56. The molecule has 6 aromatic carbocycles. The van der Waals surface area contributed by atoms with Gasteiger partial charge in [-0.2, -0.15) is 0 Å². The Bertz CT molecular complexity index is 3650. The van der Waals surface area contributed by atoms with Gasteiger partial charge in [0.05, 0.1) is 21.6 Å². The highest BCUT2D eigenvalue weighted by Crippen LogP contribution is 2.42. The third-order valence-electron chi connectivity index (χ3n) is 10.5. The summed E-state index contributed by atoms with van der Waals surface area (Å²) in [5.41, 5.74) is 11.5. The number of nitro benzene ring substituents is 1. The number of benzene rings is 6. The summed E-state index contributed by atoms with van der Waals surface area (Å²) in [5, 5.41) is 17.9. The Morgan fingerprint density at radius 2 is 1.09 bits per heavy atom. The topological polar surface area (TPSA) is 138 Å². The number of hydrogen-bond acceptors (Lipinski definition) is 7. The van der Waals surface area contributed by atoms with E-state index in [2.05, 4.69) is 23.7 Å². The molecular formula is C46H30N6O4. The summed E-state index contributed by atoms with van der Waals surface area (Å²) in [7, 11) is 0. The normalized spacial score (nSPS) is 12.0. The lowest BCUT2D eigenvalue weighted by Gasteiger charge is -2.15. The van der Waals surface area contributed by atoms with E-state index in [1.54, 1.807) is 22.6 Å². The Labute approximate surface area is 317 Å². The molecule has 10 rings (SSSR count). The maximum atomic E-state index is 14.4. The third-order valence-corrected chi connectivity index (χ3v) is 10.5. The average molecular weight is 731 g/mol. The van der Waals surface area contributed by atoms with Gasteiger partial charge in [-0.3, -0.25) is 28.5 Å². The van der Waals surface area contributed by atoms with E-state index in [0.29, 0.717) is 60.6 Å². The second-order valence-electron chi connectivity index (χ2n) is 14.8. The number of anilines is 1. The van der Waals surface area contributed by atoms with Crippen molar-refractivity contribution < 1.29 is 4.92 Å². The summed E-state index contributed by atoms with van der Waals surface area (Å²) in [5.74, 6) is 12.7. The molecule has 4 aromatic heterocycles. The molecule has 0 aliphatic heterocycles. The number of hydrogen-bond donors (Lipinski definition) is 1. The summed E-state index contributed by atoms with van der Waals surface area (Å²) in [4.78, 5) is 50.3. The van der Waals surface area contributed by atoms with E-state index in [1.807, 2.05) is 88.4 Å². The number of nitrogens with two attached hydrogens (primary N) is 1. The average Bonchev–Trinajstić information content (AvgIpc) is 3.77. The second-order valence-corrected chi connectivity index (χ2v) is 14.8. The van der Waals surface area contributed by atoms with Crippen molar-refractivity contribution in [2.75, 3.05) is 5.73 Å². The van der Waals surface area contributed by atoms with Crippen LogP contribution in [0, 0.1) is 45.6 Å². The molecule has 10 heteroatoms. The van der Waals surface area contributed by atoms with Crippen molar-refractivity contribution in [3.63, 3.8) is 0 Å². The highest BCUT2D eigenvalue weighted by atomic mass is 16.6. The van der Waals surface area contributed by atoms with E-state index in [1.165, 1.54) is 10.5 Å². The van der Waals surface area contributed by atoms with Crippen molar-refractivity contribution in [1.29, 1.82) is 0 Å². The minimum absolute atomic E-state index is 0.0545. The van der Waals surface area contributed by atoms with E-state index in [0.717, 1.165) is 38.2 Å². The lowest BCUT2D eigenvalue weighted by molar-refractivity contribution is -0.383. The first kappa shape index (κ1) is 33.0. The summed E-state index contributed by atoms with van der Waals surface area (Å²) in [6.07, 6.45) is 0. The Morgan fingerprint density at radius 3 is 1.66 bits per heavy atom. The summed E-state index contributed by atoms with van der Waals surface area (Å²) in [6, 6.07) is 26.0. The van der Waals surface area contributed by atoms with Crippen molar-refractivity contribution in [1.82, 2.24) is 18.8 Å². The monoisotopic (exact) mass is 730 g/mol. The number of non-ortho nitro benzene ring substituents is 1. The molecule has 4 heterocycles. The summed E-state index contributed by atoms with van der Waals surface area (Å²) in [6.45, 7) is 7.91. The number of nitro groups is 1. The van der Waals surface area contributed by atoms with Crippen LogP contribution < -0.4 is 16.9 Å². The fourth-order valence-electron chi connectivity index (χ4n) is 8.13. The van der Waals surface area contributed by atoms with Crippen LogP contribution in [0.15, 0.2) is 94.5 Å².